The molecule has 3 rings (SSSR count). The number of hydrogen-bond acceptors (Lipinski definition) is 2. The first kappa shape index (κ1) is 16.0. The average molecular weight is 330 g/mol. The Kier molecular flexibility index (Phi) is 4.69. The second-order valence-electron chi connectivity index (χ2n) is 6.22. The van der Waals surface area contributed by atoms with Crippen LogP contribution < -0.4 is 5.32 Å². The van der Waals surface area contributed by atoms with Crippen LogP contribution in [0.3, 0.4) is 0 Å². The summed E-state index contributed by atoms with van der Waals surface area (Å²) >= 11 is 6.28. The molecule has 0 unspecified atom stereocenters. The molecule has 1 fully saturated rings. The Bertz CT molecular complexity index is 689. The van der Waals surface area contributed by atoms with Gasteiger partial charge < -0.3 is 10.1 Å². The van der Waals surface area contributed by atoms with Crippen LogP contribution in [0, 0.1) is 0 Å². The third kappa shape index (κ3) is 3.74. The van der Waals surface area contributed by atoms with Gasteiger partial charge >= 0.3 is 0 Å². The molecular weight excluding hydrogens is 310 g/mol. The minimum absolute atomic E-state index is 0.0482. The van der Waals surface area contributed by atoms with Crippen LogP contribution in [-0.4, -0.2) is 18.1 Å². The number of carbonyl (C=O) groups excluding carboxylic acids is 1. The van der Waals surface area contributed by atoms with Crippen LogP contribution in [0.2, 0.25) is 5.02 Å². The molecule has 2 aromatic carbocycles. The monoisotopic (exact) mass is 329 g/mol. The molecule has 1 aliphatic heterocycles. The number of rotatable bonds is 3. The molecule has 2 atom stereocenters. The Morgan fingerprint density at radius 3 is 2.61 bits per heavy atom. The average Bonchev–Trinajstić information content (AvgIpc) is 2.55. The molecule has 0 bridgehead atoms. The molecule has 0 saturated carbocycles. The van der Waals surface area contributed by atoms with Crippen molar-refractivity contribution in [1.82, 2.24) is 5.32 Å². The summed E-state index contributed by atoms with van der Waals surface area (Å²) in [5, 5.41) is 3.87. The van der Waals surface area contributed by atoms with Gasteiger partial charge in [-0.2, -0.15) is 0 Å². The van der Waals surface area contributed by atoms with Crippen molar-refractivity contribution < 1.29 is 9.53 Å². The quantitative estimate of drug-likeness (QED) is 0.907. The van der Waals surface area contributed by atoms with Crippen LogP contribution in [0.25, 0.3) is 0 Å². The minimum Gasteiger partial charge on any atom is -0.373 e. The van der Waals surface area contributed by atoms with E-state index in [4.69, 9.17) is 16.3 Å². The van der Waals surface area contributed by atoms with Crippen molar-refractivity contribution in [3.05, 3.63) is 70.7 Å². The number of halogens is 1. The molecular formula is C19H20ClNO2. The van der Waals surface area contributed by atoms with Crippen LogP contribution in [0.4, 0.5) is 0 Å². The summed E-state index contributed by atoms with van der Waals surface area (Å²) in [7, 11) is 0. The molecule has 23 heavy (non-hydrogen) atoms. The first-order chi connectivity index (χ1) is 11.1. The number of benzene rings is 2. The first-order valence-corrected chi connectivity index (χ1v) is 8.19. The van der Waals surface area contributed by atoms with E-state index in [9.17, 15) is 4.79 Å². The molecule has 120 valence electrons. The topological polar surface area (TPSA) is 38.3 Å². The normalized spacial score (nSPS) is 24.2. The zero-order chi connectivity index (χ0) is 16.3. The molecule has 0 radical (unpaired) electrons. The van der Waals surface area contributed by atoms with E-state index < -0.39 is 0 Å². The lowest BCUT2D eigenvalue weighted by molar-refractivity contribution is -0.0237. The Balaban J connectivity index is 1.74. The van der Waals surface area contributed by atoms with E-state index in [-0.39, 0.29) is 17.6 Å². The number of nitrogens with one attached hydrogen (secondary N) is 1. The predicted octanol–water partition coefficient (Wildman–Crippen LogP) is 4.38. The fourth-order valence-corrected chi connectivity index (χ4v) is 3.24. The van der Waals surface area contributed by atoms with E-state index in [1.54, 1.807) is 0 Å². The van der Waals surface area contributed by atoms with Gasteiger partial charge in [-0.3, -0.25) is 4.79 Å². The molecule has 0 aromatic heterocycles. The Morgan fingerprint density at radius 1 is 1.17 bits per heavy atom. The second kappa shape index (κ2) is 6.73. The van der Waals surface area contributed by atoms with E-state index in [1.165, 1.54) is 0 Å². The third-order valence-corrected chi connectivity index (χ3v) is 4.66. The van der Waals surface area contributed by atoms with Crippen LogP contribution in [-0.2, 0) is 4.74 Å². The smallest absolute Gasteiger partial charge is 0.251 e. The molecule has 4 heteroatoms. The van der Waals surface area contributed by atoms with Crippen LogP contribution in [0.1, 0.15) is 41.8 Å². The molecule has 3 nitrogen and oxygen atoms in total. The van der Waals surface area contributed by atoms with Gasteiger partial charge in [0.1, 0.15) is 0 Å². The molecule has 1 amide bonds. The molecule has 0 spiro atoms. The second-order valence-corrected chi connectivity index (χ2v) is 6.62. The predicted molar refractivity (Wildman–Crippen MR) is 91.7 cm³/mol. The molecule has 0 aliphatic carbocycles. The fourth-order valence-electron chi connectivity index (χ4n) is 2.98. The maximum Gasteiger partial charge on any atom is 0.251 e. The van der Waals surface area contributed by atoms with E-state index >= 15 is 0 Å². The number of amides is 1. The van der Waals surface area contributed by atoms with Gasteiger partial charge in [0.15, 0.2) is 0 Å². The lowest BCUT2D eigenvalue weighted by atomic mass is 9.85. The largest absolute Gasteiger partial charge is 0.373 e. The van der Waals surface area contributed by atoms with Gasteiger partial charge in [0, 0.05) is 29.2 Å². The fraction of sp³-hybridized carbons (Fsp3) is 0.316. The molecule has 1 heterocycles. The van der Waals surface area contributed by atoms with Crippen molar-refractivity contribution in [2.45, 2.75) is 31.4 Å². The summed E-state index contributed by atoms with van der Waals surface area (Å²) in [6.07, 6.45) is 1.39. The van der Waals surface area contributed by atoms with Crippen molar-refractivity contribution in [2.75, 3.05) is 6.61 Å². The van der Waals surface area contributed by atoms with Crippen molar-refractivity contribution in [2.24, 2.45) is 0 Å². The van der Waals surface area contributed by atoms with Crippen LogP contribution in [0.15, 0.2) is 54.6 Å². The highest BCUT2D eigenvalue weighted by Gasteiger charge is 2.35. The number of ether oxygens (including phenoxy) is 1. The van der Waals surface area contributed by atoms with E-state index in [0.29, 0.717) is 23.6 Å². The highest BCUT2D eigenvalue weighted by atomic mass is 35.5. The minimum atomic E-state index is -0.311. The molecule has 1 aliphatic rings. The third-order valence-electron chi connectivity index (χ3n) is 4.31. The Morgan fingerprint density at radius 2 is 1.87 bits per heavy atom. The van der Waals surface area contributed by atoms with Gasteiger partial charge in [-0.05, 0) is 37.1 Å². The zero-order valence-corrected chi connectivity index (χ0v) is 13.8. The standard InChI is InChI=1S/C19H20ClNO2/c1-19(21-18(22)14-7-3-2-4-8-14)11-12-23-17(13-19)15-9-5-6-10-16(15)20/h2-10,17H,11-13H2,1H3,(H,21,22)/t17-,19-/m1/s1. The Labute approximate surface area is 141 Å². The maximum atomic E-state index is 12.5. The van der Waals surface area contributed by atoms with Crippen LogP contribution >= 0.6 is 11.6 Å². The number of carbonyl (C=O) groups is 1. The summed E-state index contributed by atoms with van der Waals surface area (Å²) in [5.74, 6) is -0.0482. The Hall–Kier alpha value is -1.84. The highest BCUT2D eigenvalue weighted by Crippen LogP contribution is 2.37. The summed E-state index contributed by atoms with van der Waals surface area (Å²) in [6, 6.07) is 17.0. The van der Waals surface area contributed by atoms with Crippen molar-refractivity contribution in [3.63, 3.8) is 0 Å². The van der Waals surface area contributed by atoms with Gasteiger partial charge in [0.05, 0.1) is 6.10 Å². The van der Waals surface area contributed by atoms with Gasteiger partial charge in [-0.25, -0.2) is 0 Å². The molecule has 1 N–H and O–H groups in total. The highest BCUT2D eigenvalue weighted by molar-refractivity contribution is 6.31. The van der Waals surface area contributed by atoms with Gasteiger partial charge in [-0.15, -0.1) is 0 Å². The summed E-state index contributed by atoms with van der Waals surface area (Å²) in [4.78, 5) is 12.5. The van der Waals surface area contributed by atoms with Crippen molar-refractivity contribution in [3.8, 4) is 0 Å². The van der Waals surface area contributed by atoms with E-state index in [2.05, 4.69) is 12.2 Å². The summed E-state index contributed by atoms with van der Waals surface area (Å²) in [6.45, 7) is 2.67. The van der Waals surface area contributed by atoms with Gasteiger partial charge in [0.2, 0.25) is 0 Å². The first-order valence-electron chi connectivity index (χ1n) is 7.81. The van der Waals surface area contributed by atoms with E-state index in [1.807, 2.05) is 54.6 Å². The van der Waals surface area contributed by atoms with Crippen molar-refractivity contribution in [1.29, 1.82) is 0 Å². The van der Waals surface area contributed by atoms with Gasteiger partial charge in [-0.1, -0.05) is 48.0 Å². The van der Waals surface area contributed by atoms with Crippen LogP contribution in [0.5, 0.6) is 0 Å². The number of hydrogen-bond donors (Lipinski definition) is 1. The van der Waals surface area contributed by atoms with E-state index in [0.717, 1.165) is 12.0 Å². The summed E-state index contributed by atoms with van der Waals surface area (Å²) < 4.78 is 5.89. The van der Waals surface area contributed by atoms with Crippen molar-refractivity contribution >= 4 is 17.5 Å². The van der Waals surface area contributed by atoms with Gasteiger partial charge in [0.25, 0.3) is 5.91 Å². The lowest BCUT2D eigenvalue weighted by Crippen LogP contribution is -2.50. The molecule has 1 saturated heterocycles. The maximum absolute atomic E-state index is 12.5. The zero-order valence-electron chi connectivity index (χ0n) is 13.1. The summed E-state index contributed by atoms with van der Waals surface area (Å²) in [5.41, 5.74) is 1.35. The molecule has 2 aromatic rings. The SMILES string of the molecule is C[C@@]1(NC(=O)c2ccccc2)CCO[C@@H](c2ccccc2Cl)C1. The lowest BCUT2D eigenvalue weighted by Gasteiger charge is -2.39.